The summed E-state index contributed by atoms with van der Waals surface area (Å²) in [6.07, 6.45) is 1.43. The van der Waals surface area contributed by atoms with Gasteiger partial charge in [0.1, 0.15) is 7.85 Å². The molecule has 2 aliphatic rings. The van der Waals surface area contributed by atoms with Gasteiger partial charge in [-0.15, -0.1) is 0 Å². The minimum absolute atomic E-state index is 0.0596. The molecule has 62 valence electrons. The quantitative estimate of drug-likeness (QED) is 0.501. The Kier molecular flexibility index (Phi) is 1.55. The highest BCUT2D eigenvalue weighted by molar-refractivity contribution is 6.11. The van der Waals surface area contributed by atoms with Crippen LogP contribution in [0.25, 0.3) is 0 Å². The monoisotopic (exact) mass is 154 g/mol. The van der Waals surface area contributed by atoms with Gasteiger partial charge in [-0.1, -0.05) is 13.8 Å². The minimum atomic E-state index is 0.0596. The van der Waals surface area contributed by atoms with Gasteiger partial charge >= 0.3 is 0 Å². The number of rotatable bonds is 1. The molecule has 4 atom stereocenters. The summed E-state index contributed by atoms with van der Waals surface area (Å²) in [5, 5.41) is 0. The van der Waals surface area contributed by atoms with E-state index in [0.29, 0.717) is 18.0 Å². The first-order valence-corrected chi connectivity index (χ1v) is 4.49. The molecule has 0 amide bonds. The van der Waals surface area contributed by atoms with Gasteiger partial charge in [0.05, 0.1) is 24.3 Å². The van der Waals surface area contributed by atoms with E-state index in [2.05, 4.69) is 21.7 Å². The van der Waals surface area contributed by atoms with Gasteiger partial charge in [-0.2, -0.15) is 0 Å². The van der Waals surface area contributed by atoms with Crippen molar-refractivity contribution in [2.24, 2.45) is 5.92 Å². The first kappa shape index (κ1) is 7.62. The van der Waals surface area contributed by atoms with E-state index in [1.54, 1.807) is 0 Å². The van der Waals surface area contributed by atoms with Gasteiger partial charge in [0.15, 0.2) is 0 Å². The maximum absolute atomic E-state index is 5.88. The molecule has 2 fully saturated rings. The highest BCUT2D eigenvalue weighted by Gasteiger charge is 2.56. The molecule has 3 heteroatoms. The van der Waals surface area contributed by atoms with Crippen LogP contribution in [-0.2, 0) is 9.47 Å². The maximum Gasteiger partial charge on any atom is 0.142 e. The molecule has 0 N–H and O–H groups in total. The molecule has 0 aromatic carbocycles. The Hall–Kier alpha value is -0.0151. The zero-order valence-corrected chi connectivity index (χ0v) is 7.46. The van der Waals surface area contributed by atoms with E-state index in [-0.39, 0.29) is 5.60 Å². The van der Waals surface area contributed by atoms with Crippen LogP contribution in [0, 0.1) is 5.92 Å². The Morgan fingerprint density at radius 1 is 1.64 bits per heavy atom. The van der Waals surface area contributed by atoms with Crippen molar-refractivity contribution in [3.8, 4) is 0 Å². The van der Waals surface area contributed by atoms with Crippen molar-refractivity contribution < 1.29 is 9.47 Å². The summed E-state index contributed by atoms with van der Waals surface area (Å²) in [5.41, 5.74) is 0.0596. The number of ether oxygens (including phenoxy) is 2. The summed E-state index contributed by atoms with van der Waals surface area (Å²) in [5.74, 6) is 0.586. The van der Waals surface area contributed by atoms with Crippen LogP contribution in [0.2, 0.25) is 0 Å². The molecule has 1 unspecified atom stereocenters. The second-order valence-electron chi connectivity index (χ2n) is 3.81. The van der Waals surface area contributed by atoms with Crippen molar-refractivity contribution in [3.63, 3.8) is 0 Å². The molecule has 0 aromatic heterocycles. The molecule has 2 rings (SSSR count). The van der Waals surface area contributed by atoms with E-state index in [1.807, 2.05) is 0 Å². The zero-order valence-electron chi connectivity index (χ0n) is 7.46. The summed E-state index contributed by atoms with van der Waals surface area (Å²) < 4.78 is 11.5. The second kappa shape index (κ2) is 2.24. The van der Waals surface area contributed by atoms with Gasteiger partial charge in [0.2, 0.25) is 0 Å². The standard InChI is InChI=1S/C8H15BO2/c1-3-8-4-10-6(5(8)2)7(9)11-8/h5-7H,3-4,9H2,1-2H3/t5-,6?,7-,8-/m1/s1. The predicted octanol–water partition coefficient (Wildman–Crippen LogP) is 0.159. The fourth-order valence-corrected chi connectivity index (χ4v) is 2.44. The normalized spacial score (nSPS) is 55.3. The molecule has 2 saturated heterocycles. The average molecular weight is 154 g/mol. The van der Waals surface area contributed by atoms with Crippen molar-refractivity contribution in [1.29, 1.82) is 0 Å². The molecular formula is C8H15BO2. The van der Waals surface area contributed by atoms with Crippen molar-refractivity contribution >= 4 is 7.85 Å². The third-order valence-corrected chi connectivity index (χ3v) is 3.32. The Morgan fingerprint density at radius 2 is 2.36 bits per heavy atom. The summed E-state index contributed by atoms with van der Waals surface area (Å²) in [6.45, 7) is 5.23. The molecule has 0 spiro atoms. The van der Waals surface area contributed by atoms with Crippen LogP contribution in [0.15, 0.2) is 0 Å². The van der Waals surface area contributed by atoms with Gasteiger partial charge in [0, 0.05) is 5.92 Å². The molecule has 0 aromatic rings. The molecular weight excluding hydrogens is 139 g/mol. The van der Waals surface area contributed by atoms with Crippen molar-refractivity contribution in [1.82, 2.24) is 0 Å². The van der Waals surface area contributed by atoms with Gasteiger partial charge in [-0.3, -0.25) is 0 Å². The van der Waals surface area contributed by atoms with Crippen LogP contribution < -0.4 is 0 Å². The van der Waals surface area contributed by atoms with Crippen LogP contribution in [0.3, 0.4) is 0 Å². The molecule has 0 aliphatic carbocycles. The molecule has 11 heavy (non-hydrogen) atoms. The fraction of sp³-hybridized carbons (Fsp3) is 1.00. The molecule has 2 bridgehead atoms. The third kappa shape index (κ3) is 0.813. The van der Waals surface area contributed by atoms with Crippen LogP contribution >= 0.6 is 0 Å². The second-order valence-corrected chi connectivity index (χ2v) is 3.81. The van der Waals surface area contributed by atoms with E-state index in [0.717, 1.165) is 13.0 Å². The minimum Gasteiger partial charge on any atom is -0.375 e. The topological polar surface area (TPSA) is 18.5 Å². The van der Waals surface area contributed by atoms with Crippen LogP contribution in [0.4, 0.5) is 0 Å². The number of fused-ring (bicyclic) bond motifs is 2. The lowest BCUT2D eigenvalue weighted by atomic mass is 9.85. The first-order chi connectivity index (χ1) is 5.19. The fourth-order valence-electron chi connectivity index (χ4n) is 2.44. The Bertz CT molecular complexity index is 173. The zero-order chi connectivity index (χ0) is 8.06. The lowest BCUT2D eigenvalue weighted by molar-refractivity contribution is -0.115. The third-order valence-electron chi connectivity index (χ3n) is 3.32. The maximum atomic E-state index is 5.88. The Balaban J connectivity index is 2.24. The summed E-state index contributed by atoms with van der Waals surface area (Å²) >= 11 is 0. The summed E-state index contributed by atoms with van der Waals surface area (Å²) in [6, 6.07) is 0.304. The van der Waals surface area contributed by atoms with Crippen molar-refractivity contribution in [2.75, 3.05) is 6.61 Å². The Labute approximate surface area is 68.7 Å². The van der Waals surface area contributed by atoms with E-state index < -0.39 is 0 Å². The largest absolute Gasteiger partial charge is 0.375 e. The van der Waals surface area contributed by atoms with Crippen molar-refractivity contribution in [3.05, 3.63) is 0 Å². The summed E-state index contributed by atoms with van der Waals surface area (Å²) in [4.78, 5) is 0. The highest BCUT2D eigenvalue weighted by Crippen LogP contribution is 2.45. The van der Waals surface area contributed by atoms with Crippen LogP contribution in [-0.4, -0.2) is 32.2 Å². The molecule has 0 radical (unpaired) electrons. The van der Waals surface area contributed by atoms with E-state index in [1.165, 1.54) is 0 Å². The first-order valence-electron chi connectivity index (χ1n) is 4.49. The lowest BCUT2D eigenvalue weighted by Gasteiger charge is -2.29. The van der Waals surface area contributed by atoms with Crippen molar-refractivity contribution in [2.45, 2.75) is 38.0 Å². The van der Waals surface area contributed by atoms with E-state index in [4.69, 9.17) is 9.47 Å². The van der Waals surface area contributed by atoms with E-state index in [9.17, 15) is 0 Å². The van der Waals surface area contributed by atoms with Gasteiger partial charge in [-0.05, 0) is 6.42 Å². The van der Waals surface area contributed by atoms with E-state index >= 15 is 0 Å². The lowest BCUT2D eigenvalue weighted by Crippen LogP contribution is -2.37. The highest BCUT2D eigenvalue weighted by atomic mass is 16.6. The van der Waals surface area contributed by atoms with Gasteiger partial charge in [0.25, 0.3) is 0 Å². The van der Waals surface area contributed by atoms with Crippen LogP contribution in [0.5, 0.6) is 0 Å². The molecule has 0 saturated carbocycles. The molecule has 2 heterocycles. The molecule has 2 aliphatic heterocycles. The SMILES string of the molecule is B[C@@H]1O[C@]2(CC)COC1[C@H]2C. The average Bonchev–Trinajstić information content (AvgIpc) is 2.42. The molecule has 2 nitrogen and oxygen atoms in total. The van der Waals surface area contributed by atoms with Gasteiger partial charge in [-0.25, -0.2) is 0 Å². The smallest absolute Gasteiger partial charge is 0.142 e. The Morgan fingerprint density at radius 3 is 2.64 bits per heavy atom. The van der Waals surface area contributed by atoms with Gasteiger partial charge < -0.3 is 9.47 Å². The number of hydrogen-bond donors (Lipinski definition) is 0. The van der Waals surface area contributed by atoms with Crippen LogP contribution in [0.1, 0.15) is 20.3 Å². The summed E-state index contributed by atoms with van der Waals surface area (Å²) in [7, 11) is 2.11. The number of hydrogen-bond acceptors (Lipinski definition) is 2. The predicted molar refractivity (Wildman–Crippen MR) is 45.3 cm³/mol.